The zero-order chi connectivity index (χ0) is 49.9. The van der Waals surface area contributed by atoms with Crippen molar-refractivity contribution in [1.29, 1.82) is 0 Å². The Hall–Kier alpha value is -8.21. The number of hydrogen-bond donors (Lipinski definition) is 8. The fourth-order valence-corrected chi connectivity index (χ4v) is 8.27. The van der Waals surface area contributed by atoms with Gasteiger partial charge in [-0.15, -0.1) is 0 Å². The predicted octanol–water partition coefficient (Wildman–Crippen LogP) is 13.4. The number of rotatable bonds is 16. The SMILES string of the molecule is C=C/C=C\C(=C/C)C/C(C(=C)O)=C(O)/C(O)=C(\C)Cn1c2c(O)c(O)c(-c3ccccc3N(C/C=C\C=C/C(=C)C)C3=CC=CCC=C3)c(O)c2ooc2c(O)c(C3=CC=CC=CC3)c(O)c(P)c21. The molecule has 2 aliphatic rings. The van der Waals surface area contributed by atoms with Gasteiger partial charge in [0.15, 0.2) is 34.5 Å². The first-order valence-corrected chi connectivity index (χ1v) is 22.6. The summed E-state index contributed by atoms with van der Waals surface area (Å²) >= 11 is 0. The minimum absolute atomic E-state index is 0.00316. The van der Waals surface area contributed by atoms with Gasteiger partial charge in [-0.1, -0.05) is 150 Å². The highest BCUT2D eigenvalue weighted by Crippen LogP contribution is 2.53. The number of aromatic nitrogens is 1. The molecule has 0 bridgehead atoms. The van der Waals surface area contributed by atoms with E-state index in [4.69, 9.17) is 9.15 Å². The summed E-state index contributed by atoms with van der Waals surface area (Å²) in [5.74, 6) is -5.21. The maximum Gasteiger partial charge on any atom is 0.248 e. The van der Waals surface area contributed by atoms with Gasteiger partial charge in [0.2, 0.25) is 11.2 Å². The third-order valence-electron chi connectivity index (χ3n) is 11.3. The molecule has 6 rings (SSSR count). The van der Waals surface area contributed by atoms with E-state index in [-0.39, 0.29) is 50.7 Å². The number of benzene rings is 3. The Balaban J connectivity index is 1.70. The number of aliphatic hydroxyl groups excluding tert-OH is 3. The third kappa shape index (κ3) is 10.8. The number of anilines is 1. The summed E-state index contributed by atoms with van der Waals surface area (Å²) in [6, 6.07) is 6.96. The summed E-state index contributed by atoms with van der Waals surface area (Å²) in [6.07, 6.45) is 33.9. The van der Waals surface area contributed by atoms with Gasteiger partial charge in [0, 0.05) is 47.3 Å². The number of hydrogen-bond acceptors (Lipinski definition) is 11. The van der Waals surface area contributed by atoms with Crippen LogP contribution >= 0.6 is 9.24 Å². The quantitative estimate of drug-likeness (QED) is 0.0133. The molecule has 69 heavy (non-hydrogen) atoms. The highest BCUT2D eigenvalue weighted by atomic mass is 31.0. The second kappa shape index (κ2) is 22.5. The van der Waals surface area contributed by atoms with Crippen molar-refractivity contribution < 1.29 is 50.0 Å². The number of phenolic OH excluding ortho intramolecular Hbond substituents is 5. The van der Waals surface area contributed by atoms with Crippen LogP contribution in [0.5, 0.6) is 28.7 Å². The van der Waals surface area contributed by atoms with Gasteiger partial charge in [0.1, 0.15) is 22.5 Å². The second-order valence-electron chi connectivity index (χ2n) is 16.2. The normalized spacial score (nSPS) is 14.8. The molecule has 3 aromatic carbocycles. The Morgan fingerprint density at radius 3 is 2.22 bits per heavy atom. The molecule has 1 atom stereocenters. The van der Waals surface area contributed by atoms with Crippen LogP contribution in [0.25, 0.3) is 38.9 Å². The first-order valence-electron chi connectivity index (χ1n) is 22.0. The van der Waals surface area contributed by atoms with Crippen molar-refractivity contribution in [2.75, 3.05) is 11.4 Å². The smallest absolute Gasteiger partial charge is 0.248 e. The van der Waals surface area contributed by atoms with E-state index >= 15 is 0 Å². The Bertz CT molecular complexity index is 3160. The number of phenols is 5. The van der Waals surface area contributed by atoms with E-state index < -0.39 is 63.7 Å². The molecule has 0 saturated heterocycles. The molecule has 2 aliphatic carbocycles. The van der Waals surface area contributed by atoms with Crippen molar-refractivity contribution in [2.24, 2.45) is 0 Å². The number of aromatic hydroxyl groups is 5. The molecule has 0 amide bonds. The van der Waals surface area contributed by atoms with Gasteiger partial charge < -0.3 is 50.3 Å². The molecular weight excluding hydrogens is 892 g/mol. The van der Waals surface area contributed by atoms with E-state index in [1.165, 1.54) is 11.5 Å². The summed E-state index contributed by atoms with van der Waals surface area (Å²) in [4.78, 5) is 1.96. The zero-order valence-corrected chi connectivity index (χ0v) is 39.9. The van der Waals surface area contributed by atoms with Crippen molar-refractivity contribution in [1.82, 2.24) is 4.57 Å². The van der Waals surface area contributed by atoms with Crippen LogP contribution in [0.15, 0.2) is 208 Å². The summed E-state index contributed by atoms with van der Waals surface area (Å²) in [5, 5.41) is 95.1. The average molecular weight is 949 g/mol. The Labute approximate surface area is 403 Å². The molecule has 8 N–H and O–H groups in total. The second-order valence-corrected chi connectivity index (χ2v) is 16.8. The molecule has 12 nitrogen and oxygen atoms in total. The van der Waals surface area contributed by atoms with Crippen molar-refractivity contribution in [3.8, 4) is 39.9 Å². The first-order chi connectivity index (χ1) is 33.1. The fourth-order valence-electron chi connectivity index (χ4n) is 7.84. The van der Waals surface area contributed by atoms with Gasteiger partial charge >= 0.3 is 0 Å². The van der Waals surface area contributed by atoms with Crippen molar-refractivity contribution in [3.05, 3.63) is 204 Å². The van der Waals surface area contributed by atoms with Crippen LogP contribution in [0.4, 0.5) is 5.69 Å². The monoisotopic (exact) mass is 948 g/mol. The van der Waals surface area contributed by atoms with E-state index in [9.17, 15) is 40.9 Å². The van der Waals surface area contributed by atoms with Gasteiger partial charge in [0.25, 0.3) is 0 Å². The highest BCUT2D eigenvalue weighted by molar-refractivity contribution is 7.28. The Morgan fingerprint density at radius 2 is 1.51 bits per heavy atom. The van der Waals surface area contributed by atoms with Gasteiger partial charge in [-0.05, 0) is 68.6 Å². The number of fused-ring (bicyclic) bond motifs is 2. The average Bonchev–Trinajstić information content (AvgIpc) is 3.84. The van der Waals surface area contributed by atoms with Crippen LogP contribution < -0.4 is 10.2 Å². The molecule has 0 spiro atoms. The lowest BCUT2D eigenvalue weighted by molar-refractivity contribution is 0.0877. The molecule has 0 saturated carbocycles. The van der Waals surface area contributed by atoms with Crippen LogP contribution in [0.3, 0.4) is 0 Å². The molecule has 0 radical (unpaired) electrons. The number of nitrogens with zero attached hydrogens (tertiary/aromatic N) is 2. The van der Waals surface area contributed by atoms with Crippen molar-refractivity contribution >= 4 is 48.0 Å². The van der Waals surface area contributed by atoms with E-state index in [0.29, 0.717) is 36.2 Å². The summed E-state index contributed by atoms with van der Waals surface area (Å²) in [7, 11) is 2.40. The number of allylic oxidation sites excluding steroid dienone is 22. The lowest BCUT2D eigenvalue weighted by atomic mass is 9.98. The summed E-state index contributed by atoms with van der Waals surface area (Å²) in [6.45, 7) is 16.1. The molecule has 356 valence electrons. The maximum absolute atomic E-state index is 12.5. The Morgan fingerprint density at radius 1 is 0.783 bits per heavy atom. The van der Waals surface area contributed by atoms with Crippen LogP contribution in [0.1, 0.15) is 45.6 Å². The fraction of sp³-hybridized carbons (Fsp3) is 0.143. The third-order valence-corrected chi connectivity index (χ3v) is 11.9. The van der Waals surface area contributed by atoms with E-state index in [0.717, 1.165) is 11.3 Å². The van der Waals surface area contributed by atoms with Crippen LogP contribution in [-0.2, 0) is 6.54 Å². The highest BCUT2D eigenvalue weighted by Gasteiger charge is 2.31. The molecule has 1 unspecified atom stereocenters. The van der Waals surface area contributed by atoms with Crippen molar-refractivity contribution in [3.63, 3.8) is 0 Å². The molecule has 1 aromatic heterocycles. The molecular formula is C56H57N2O10P. The maximum atomic E-state index is 12.5. The van der Waals surface area contributed by atoms with Crippen molar-refractivity contribution in [2.45, 2.75) is 46.6 Å². The van der Waals surface area contributed by atoms with Gasteiger partial charge in [-0.2, -0.15) is 0 Å². The van der Waals surface area contributed by atoms with E-state index in [1.54, 1.807) is 73.7 Å². The van der Waals surface area contributed by atoms with Crippen LogP contribution in [0.2, 0.25) is 0 Å². The lowest BCUT2D eigenvalue weighted by Crippen LogP contribution is -2.22. The first kappa shape index (κ1) is 50.2. The lowest BCUT2D eigenvalue weighted by Gasteiger charge is -2.27. The van der Waals surface area contributed by atoms with E-state index in [2.05, 4.69) is 29.0 Å². The Kier molecular flexibility index (Phi) is 16.4. The molecule has 0 fully saturated rings. The van der Waals surface area contributed by atoms with Gasteiger partial charge in [0.05, 0.1) is 11.1 Å². The van der Waals surface area contributed by atoms with Gasteiger partial charge in [-0.25, -0.2) is 0 Å². The summed E-state index contributed by atoms with van der Waals surface area (Å²) < 4.78 is 13.1. The topological polar surface area (TPSA) is 196 Å². The van der Waals surface area contributed by atoms with Crippen LogP contribution in [-0.4, -0.2) is 52.0 Å². The zero-order valence-electron chi connectivity index (χ0n) is 38.7. The number of para-hydroxylation sites is 1. The minimum Gasteiger partial charge on any atom is -0.508 e. The molecule has 4 aromatic rings. The van der Waals surface area contributed by atoms with E-state index in [1.807, 2.05) is 78.7 Å². The molecule has 13 heteroatoms. The molecule has 1 heterocycles. The predicted molar refractivity (Wildman–Crippen MR) is 281 cm³/mol. The number of aliphatic hydroxyl groups is 3. The standard InChI is InChI=1S/C56H57N2O10P/c1-7-9-24-37(8-2)32-41(36(6)59)48(61)47(60)35(5)33-58-45-53(66)49(62)44(40-29-20-21-30-42(40)57(31-22-14-15-23-34(3)4)39-27-18-12-13-19-28-39)51(64)54(45)67-68-55-46(58)56(69)52(65)43(50(55)63)38-25-16-10-11-17-26-38/h7-12,14-25,27-30,59-66H,1,3,6,13,26,31-33,69H2,2,4-5H3/b22-14-,23-15-,24-9-,37-8+,47-35-,48-41+. The largest absolute Gasteiger partial charge is 0.508 e. The minimum atomic E-state index is -0.825. The van der Waals surface area contributed by atoms with Crippen LogP contribution in [0, 0.1) is 0 Å². The molecule has 0 aliphatic heterocycles. The van der Waals surface area contributed by atoms with Gasteiger partial charge in [-0.3, -0.25) is 9.15 Å². The summed E-state index contributed by atoms with van der Waals surface area (Å²) in [5.41, 5.74) is 1.82.